The molecule has 1 aromatic rings. The number of Topliss-reactive ketones (excluding diaryl/α,β-unsaturated/α-hetero) is 1. The Labute approximate surface area is 121 Å². The molecule has 0 saturated carbocycles. The van der Waals surface area contributed by atoms with E-state index < -0.39 is 40.4 Å². The van der Waals surface area contributed by atoms with Gasteiger partial charge in [0.05, 0.1) is 5.75 Å². The van der Waals surface area contributed by atoms with E-state index >= 15 is 0 Å². The molecule has 1 N–H and O–H groups in total. The van der Waals surface area contributed by atoms with E-state index in [1.54, 1.807) is 0 Å². The van der Waals surface area contributed by atoms with Crippen molar-refractivity contribution in [1.82, 2.24) is 4.72 Å². The van der Waals surface area contributed by atoms with Crippen LogP contribution >= 0.6 is 11.6 Å². The predicted molar refractivity (Wildman–Crippen MR) is 72.6 cm³/mol. The van der Waals surface area contributed by atoms with Crippen molar-refractivity contribution >= 4 is 27.4 Å². The highest BCUT2D eigenvalue weighted by molar-refractivity contribution is 7.88. The van der Waals surface area contributed by atoms with E-state index in [1.807, 2.05) is 4.72 Å². The van der Waals surface area contributed by atoms with Crippen molar-refractivity contribution in [3.63, 3.8) is 0 Å². The number of carbonyl (C=O) groups excluding carboxylic acids is 1. The molecule has 0 radical (unpaired) electrons. The van der Waals surface area contributed by atoms with E-state index in [0.717, 1.165) is 6.92 Å². The van der Waals surface area contributed by atoms with E-state index in [4.69, 9.17) is 11.6 Å². The van der Waals surface area contributed by atoms with Crippen LogP contribution in [-0.2, 0) is 20.6 Å². The lowest BCUT2D eigenvalue weighted by atomic mass is 10.0. The Morgan fingerprint density at radius 3 is 2.15 bits per heavy atom. The normalized spacial score (nSPS) is 12.4. The fourth-order valence-electron chi connectivity index (χ4n) is 1.48. The van der Waals surface area contributed by atoms with Gasteiger partial charge in [0.15, 0.2) is 5.78 Å². The molecular formula is C12H14ClF2NO3S. The molecule has 4 nitrogen and oxygen atoms in total. The smallest absolute Gasteiger partial charge is 0.216 e. The fraction of sp³-hybridized carbons (Fsp3) is 0.417. The highest BCUT2D eigenvalue weighted by atomic mass is 35.5. The van der Waals surface area contributed by atoms with E-state index in [0.29, 0.717) is 10.6 Å². The van der Waals surface area contributed by atoms with Crippen LogP contribution in [-0.4, -0.2) is 33.1 Å². The third kappa shape index (κ3) is 4.22. The van der Waals surface area contributed by atoms with Gasteiger partial charge < -0.3 is 0 Å². The largest absolute Gasteiger partial charge is 0.298 e. The minimum Gasteiger partial charge on any atom is -0.298 e. The van der Waals surface area contributed by atoms with Crippen LogP contribution in [0.15, 0.2) is 24.3 Å². The van der Waals surface area contributed by atoms with Crippen molar-refractivity contribution in [3.05, 3.63) is 34.9 Å². The summed E-state index contributed by atoms with van der Waals surface area (Å²) in [6.07, 6.45) is 0. The van der Waals surface area contributed by atoms with Gasteiger partial charge in [-0.25, -0.2) is 17.2 Å². The Hall–Kier alpha value is -1.05. The molecule has 0 spiro atoms. The number of benzene rings is 1. The first-order chi connectivity index (χ1) is 9.24. The second-order valence-corrected chi connectivity index (χ2v) is 6.55. The number of nitrogens with one attached hydrogen (secondary N) is 1. The monoisotopic (exact) mass is 325 g/mol. The first kappa shape index (κ1) is 17.0. The van der Waals surface area contributed by atoms with Gasteiger partial charge in [-0.2, -0.15) is 4.72 Å². The van der Waals surface area contributed by atoms with Crippen LogP contribution < -0.4 is 4.72 Å². The van der Waals surface area contributed by atoms with E-state index in [-0.39, 0.29) is 0 Å². The first-order valence-electron chi connectivity index (χ1n) is 5.64. The van der Waals surface area contributed by atoms with Crippen molar-refractivity contribution in [2.75, 3.05) is 13.3 Å². The number of carbonyl (C=O) groups is 1. The summed E-state index contributed by atoms with van der Waals surface area (Å²) in [5.41, 5.74) is -1.96. The van der Waals surface area contributed by atoms with Crippen molar-refractivity contribution in [2.24, 2.45) is 0 Å². The molecule has 1 rings (SSSR count). The summed E-state index contributed by atoms with van der Waals surface area (Å²) in [5.74, 6) is -1.42. The van der Waals surface area contributed by atoms with Crippen molar-refractivity contribution < 1.29 is 22.0 Å². The average Bonchev–Trinajstić information content (AvgIpc) is 2.38. The van der Waals surface area contributed by atoms with Crippen LogP contribution in [0.3, 0.4) is 0 Å². The molecule has 0 bridgehead atoms. The molecule has 0 fully saturated rings. The summed E-state index contributed by atoms with van der Waals surface area (Å²) in [6.45, 7) is -1.96. The zero-order valence-corrected chi connectivity index (χ0v) is 12.3. The Kier molecular flexibility index (Phi) is 5.61. The number of hydrogen-bond donors (Lipinski definition) is 1. The van der Waals surface area contributed by atoms with Crippen LogP contribution in [0.2, 0.25) is 5.02 Å². The molecule has 0 amide bonds. The molecule has 0 unspecified atom stereocenters. The lowest BCUT2D eigenvalue weighted by Crippen LogP contribution is -2.57. The molecule has 0 atom stereocenters. The van der Waals surface area contributed by atoms with Crippen LogP contribution in [0.5, 0.6) is 0 Å². The lowest BCUT2D eigenvalue weighted by Gasteiger charge is -2.25. The zero-order valence-electron chi connectivity index (χ0n) is 10.7. The summed E-state index contributed by atoms with van der Waals surface area (Å²) in [4.78, 5) is 11.3. The molecule has 112 valence electrons. The molecular weight excluding hydrogens is 312 g/mol. The second kappa shape index (κ2) is 6.60. The van der Waals surface area contributed by atoms with Crippen LogP contribution in [0.4, 0.5) is 8.78 Å². The van der Waals surface area contributed by atoms with Gasteiger partial charge in [-0.15, -0.1) is 0 Å². The van der Waals surface area contributed by atoms with Gasteiger partial charge in [0.1, 0.15) is 18.9 Å². The molecule has 8 heteroatoms. The van der Waals surface area contributed by atoms with Crippen molar-refractivity contribution in [3.8, 4) is 0 Å². The summed E-state index contributed by atoms with van der Waals surface area (Å²) in [6, 6.07) is 5.94. The van der Waals surface area contributed by atoms with Gasteiger partial charge in [-0.1, -0.05) is 23.7 Å². The molecule has 0 aliphatic heterocycles. The van der Waals surface area contributed by atoms with Gasteiger partial charge in [-0.3, -0.25) is 4.79 Å². The maximum Gasteiger partial charge on any atom is 0.216 e. The number of halogens is 3. The van der Waals surface area contributed by atoms with E-state index in [2.05, 4.69) is 0 Å². The van der Waals surface area contributed by atoms with Crippen LogP contribution in [0, 0.1) is 0 Å². The van der Waals surface area contributed by atoms with E-state index in [9.17, 15) is 22.0 Å². The minimum atomic E-state index is -4.07. The second-order valence-electron chi connectivity index (χ2n) is 4.39. The van der Waals surface area contributed by atoms with Gasteiger partial charge in [-0.05, 0) is 24.6 Å². The molecule has 20 heavy (non-hydrogen) atoms. The standard InChI is InChI=1S/C12H14ClF2NO3S/c1-9(17)12(7-14,8-15)16-20(18,19)6-10-2-4-11(13)5-3-10/h2-5,16H,6-8H2,1H3. The van der Waals surface area contributed by atoms with Gasteiger partial charge in [0.25, 0.3) is 0 Å². The van der Waals surface area contributed by atoms with Gasteiger partial charge in [0.2, 0.25) is 10.0 Å². The zero-order chi connectivity index (χ0) is 15.4. The quantitative estimate of drug-likeness (QED) is 0.834. The summed E-state index contributed by atoms with van der Waals surface area (Å²) in [7, 11) is -4.07. The van der Waals surface area contributed by atoms with Crippen LogP contribution in [0.25, 0.3) is 0 Å². The number of alkyl halides is 2. The topological polar surface area (TPSA) is 63.2 Å². The van der Waals surface area contributed by atoms with Crippen LogP contribution in [0.1, 0.15) is 12.5 Å². The average molecular weight is 326 g/mol. The molecule has 1 aromatic carbocycles. The maximum atomic E-state index is 12.9. The summed E-state index contributed by atoms with van der Waals surface area (Å²) in [5, 5.41) is 0.435. The molecule has 0 saturated heterocycles. The SMILES string of the molecule is CC(=O)C(CF)(CF)NS(=O)(=O)Cc1ccc(Cl)cc1. The predicted octanol–water partition coefficient (Wildman–Crippen LogP) is 2.03. The molecule has 0 heterocycles. The Morgan fingerprint density at radius 2 is 1.75 bits per heavy atom. The maximum absolute atomic E-state index is 12.9. The molecule has 0 aliphatic rings. The number of sulfonamides is 1. The van der Waals surface area contributed by atoms with Gasteiger partial charge >= 0.3 is 0 Å². The first-order valence-corrected chi connectivity index (χ1v) is 7.67. The van der Waals surface area contributed by atoms with Gasteiger partial charge in [0, 0.05) is 5.02 Å². The number of rotatable bonds is 7. The summed E-state index contributed by atoms with van der Waals surface area (Å²) >= 11 is 5.67. The third-order valence-electron chi connectivity index (χ3n) is 2.75. The Bertz CT molecular complexity index is 571. The Balaban J connectivity index is 2.94. The number of hydrogen-bond acceptors (Lipinski definition) is 3. The third-order valence-corrected chi connectivity index (χ3v) is 4.42. The number of ketones is 1. The minimum absolute atomic E-state index is 0.386. The van der Waals surface area contributed by atoms with Crippen molar-refractivity contribution in [2.45, 2.75) is 18.2 Å². The van der Waals surface area contributed by atoms with E-state index in [1.165, 1.54) is 24.3 Å². The highest BCUT2D eigenvalue weighted by Crippen LogP contribution is 2.15. The fourth-order valence-corrected chi connectivity index (χ4v) is 3.16. The van der Waals surface area contributed by atoms with Crippen molar-refractivity contribution in [1.29, 1.82) is 0 Å². The highest BCUT2D eigenvalue weighted by Gasteiger charge is 2.40. The Morgan fingerprint density at radius 1 is 1.25 bits per heavy atom. The molecule has 0 aromatic heterocycles. The summed E-state index contributed by atoms with van der Waals surface area (Å²) < 4.78 is 51.4. The molecule has 0 aliphatic carbocycles. The lowest BCUT2D eigenvalue weighted by molar-refractivity contribution is -0.123.